The number of rotatable bonds is 4. The predicted octanol–water partition coefficient (Wildman–Crippen LogP) is 5.50. The molecule has 0 radical (unpaired) electrons. The molecule has 0 spiro atoms. The summed E-state index contributed by atoms with van der Waals surface area (Å²) in [7, 11) is 0. The third-order valence-corrected chi connectivity index (χ3v) is 4.70. The molecule has 0 unspecified atom stereocenters. The van der Waals surface area contributed by atoms with E-state index >= 15 is 0 Å². The molecule has 0 aliphatic rings. The zero-order valence-corrected chi connectivity index (χ0v) is 16.3. The van der Waals surface area contributed by atoms with Crippen molar-refractivity contribution < 1.29 is 31.1 Å². The molecule has 4 rings (SSSR count). The summed E-state index contributed by atoms with van der Waals surface area (Å²) in [6.07, 6.45) is 0.318. The van der Waals surface area contributed by atoms with Gasteiger partial charge in [0.15, 0.2) is 23.3 Å². The number of hydrogen-bond donors (Lipinski definition) is 1. The van der Waals surface area contributed by atoms with Crippen LogP contribution < -0.4 is 5.43 Å². The zero-order valence-electron chi connectivity index (χ0n) is 16.3. The topological polar surface area (TPSA) is 54.4 Å². The maximum atomic E-state index is 13.8. The number of amides is 1. The van der Waals surface area contributed by atoms with Crippen LogP contribution in [0.1, 0.15) is 15.9 Å². The molecule has 0 bridgehead atoms. The normalized spacial score (nSPS) is 11.3. The molecule has 0 atom stereocenters. The molecule has 33 heavy (non-hydrogen) atoms. The maximum Gasteiger partial charge on any atom is 0.272 e. The molecule has 1 amide bonds. The van der Waals surface area contributed by atoms with Crippen LogP contribution in [0.5, 0.6) is 0 Å². The molecule has 1 N–H and O–H groups in total. The number of hydrazone groups is 1. The number of aromatic nitrogens is 1. The van der Waals surface area contributed by atoms with Crippen molar-refractivity contribution >= 4 is 23.0 Å². The number of nitrogens with one attached hydrogen (secondary N) is 1. The minimum atomic E-state index is -2.30. The van der Waals surface area contributed by atoms with Crippen molar-refractivity contribution in [1.29, 1.82) is 0 Å². The summed E-state index contributed by atoms with van der Waals surface area (Å²) in [5.74, 6) is -12.0. The summed E-state index contributed by atoms with van der Waals surface area (Å²) in [5, 5.41) is 3.75. The Hall–Kier alpha value is -4.21. The minimum Gasteiger partial charge on any atom is -0.267 e. The van der Waals surface area contributed by atoms with Gasteiger partial charge in [0, 0.05) is 10.9 Å². The van der Waals surface area contributed by atoms with Crippen molar-refractivity contribution in [2.24, 2.45) is 5.10 Å². The summed E-state index contributed by atoms with van der Waals surface area (Å²) < 4.78 is 80.6. The van der Waals surface area contributed by atoms with E-state index in [4.69, 9.17) is 0 Å². The van der Waals surface area contributed by atoms with Gasteiger partial charge in [-0.15, -0.1) is 0 Å². The molecule has 0 aliphatic heterocycles. The fraction of sp³-hybridized carbons (Fsp3) is 0. The molecular formula is C23H11F6N3O. The molecule has 4 aromatic rings. The number of carbonyl (C=O) groups excluding carboxylic acids is 1. The van der Waals surface area contributed by atoms with E-state index in [0.29, 0.717) is 28.4 Å². The Balaban J connectivity index is 1.70. The molecule has 166 valence electrons. The highest BCUT2D eigenvalue weighted by Crippen LogP contribution is 2.25. The molecule has 1 heterocycles. The summed E-state index contributed by atoms with van der Waals surface area (Å²) in [5.41, 5.74) is 2.04. The summed E-state index contributed by atoms with van der Waals surface area (Å²) in [4.78, 5) is 17.2. The third kappa shape index (κ3) is 4.14. The van der Waals surface area contributed by atoms with Crippen molar-refractivity contribution in [2.75, 3.05) is 0 Å². The number of carbonyl (C=O) groups is 1. The number of pyridine rings is 1. The van der Waals surface area contributed by atoms with Crippen molar-refractivity contribution in [3.05, 3.63) is 101 Å². The summed E-state index contributed by atoms with van der Waals surface area (Å²) >= 11 is 0. The molecule has 0 fully saturated rings. The molecule has 1 aromatic heterocycles. The Morgan fingerprint density at radius 3 is 2.09 bits per heavy atom. The predicted molar refractivity (Wildman–Crippen MR) is 108 cm³/mol. The number of hydrogen-bond acceptors (Lipinski definition) is 3. The van der Waals surface area contributed by atoms with Gasteiger partial charge in [0.1, 0.15) is 5.82 Å². The second-order valence-electron chi connectivity index (χ2n) is 6.76. The molecule has 0 aliphatic carbocycles. The standard InChI is InChI=1S/C23H11F6N3O/c24-12-7-5-11(6-8-12)17-9-14(13-3-1-2-4-16(13)31-17)23(33)32-30-10-15-18(25)20(27)22(29)21(28)19(15)26/h1-10H,(H,32,33)/b30-10+. The maximum absolute atomic E-state index is 13.8. The number of benzene rings is 3. The van der Waals surface area contributed by atoms with Crippen LogP contribution in [0.25, 0.3) is 22.2 Å². The highest BCUT2D eigenvalue weighted by Gasteiger charge is 2.24. The quantitative estimate of drug-likeness (QED) is 0.144. The van der Waals surface area contributed by atoms with Crippen molar-refractivity contribution in [3.8, 4) is 11.3 Å². The Bertz CT molecular complexity index is 1390. The van der Waals surface area contributed by atoms with Gasteiger partial charge in [0.2, 0.25) is 5.82 Å². The fourth-order valence-electron chi connectivity index (χ4n) is 3.08. The average molecular weight is 459 g/mol. The first-order valence-corrected chi connectivity index (χ1v) is 9.28. The van der Waals surface area contributed by atoms with Crippen LogP contribution in [0.3, 0.4) is 0 Å². The van der Waals surface area contributed by atoms with E-state index in [1.54, 1.807) is 24.3 Å². The number of fused-ring (bicyclic) bond motifs is 1. The van der Waals surface area contributed by atoms with Crippen LogP contribution >= 0.6 is 0 Å². The molecule has 4 nitrogen and oxygen atoms in total. The summed E-state index contributed by atoms with van der Waals surface area (Å²) in [6, 6.07) is 13.4. The van der Waals surface area contributed by atoms with Crippen molar-refractivity contribution in [1.82, 2.24) is 10.4 Å². The SMILES string of the molecule is O=C(N/N=C/c1c(F)c(F)c(F)c(F)c1F)c1cc(-c2ccc(F)cc2)nc2ccccc12. The second kappa shape index (κ2) is 8.73. The van der Waals surface area contributed by atoms with Crippen LogP contribution in [0, 0.1) is 34.9 Å². The van der Waals surface area contributed by atoms with E-state index in [2.05, 4.69) is 10.1 Å². The minimum absolute atomic E-state index is 0.0643. The second-order valence-corrected chi connectivity index (χ2v) is 6.76. The van der Waals surface area contributed by atoms with Crippen molar-refractivity contribution in [3.63, 3.8) is 0 Å². The molecular weight excluding hydrogens is 448 g/mol. The largest absolute Gasteiger partial charge is 0.272 e. The first-order chi connectivity index (χ1) is 15.8. The van der Waals surface area contributed by atoms with Gasteiger partial charge in [-0.25, -0.2) is 36.8 Å². The Morgan fingerprint density at radius 2 is 1.42 bits per heavy atom. The number of para-hydroxylation sites is 1. The Labute approximate surface area is 182 Å². The van der Waals surface area contributed by atoms with Crippen molar-refractivity contribution in [2.45, 2.75) is 0 Å². The Kier molecular flexibility index (Phi) is 5.82. The van der Waals surface area contributed by atoms with E-state index in [-0.39, 0.29) is 5.56 Å². The molecule has 0 saturated carbocycles. The first kappa shape index (κ1) is 22.0. The third-order valence-electron chi connectivity index (χ3n) is 4.70. The fourth-order valence-corrected chi connectivity index (χ4v) is 3.08. The number of nitrogens with zero attached hydrogens (tertiary/aromatic N) is 2. The van der Waals surface area contributed by atoms with E-state index < -0.39 is 46.4 Å². The van der Waals surface area contributed by atoms with Gasteiger partial charge < -0.3 is 0 Å². The Morgan fingerprint density at radius 1 is 0.818 bits per heavy atom. The lowest BCUT2D eigenvalue weighted by atomic mass is 10.0. The van der Waals surface area contributed by atoms with Gasteiger partial charge in [-0.1, -0.05) is 18.2 Å². The van der Waals surface area contributed by atoms with Gasteiger partial charge >= 0.3 is 0 Å². The zero-order chi connectivity index (χ0) is 23.7. The van der Waals surface area contributed by atoms with Gasteiger partial charge in [-0.05, 0) is 36.4 Å². The van der Waals surface area contributed by atoms with E-state index in [9.17, 15) is 31.1 Å². The van der Waals surface area contributed by atoms with Crippen LogP contribution in [-0.2, 0) is 0 Å². The average Bonchev–Trinajstić information content (AvgIpc) is 2.83. The van der Waals surface area contributed by atoms with Crippen LogP contribution in [0.2, 0.25) is 0 Å². The lowest BCUT2D eigenvalue weighted by Crippen LogP contribution is -2.19. The summed E-state index contributed by atoms with van der Waals surface area (Å²) in [6.45, 7) is 0. The van der Waals surface area contributed by atoms with Gasteiger partial charge in [-0.2, -0.15) is 5.10 Å². The van der Waals surface area contributed by atoms with Gasteiger partial charge in [0.25, 0.3) is 5.91 Å². The smallest absolute Gasteiger partial charge is 0.267 e. The van der Waals surface area contributed by atoms with Crippen LogP contribution in [0.4, 0.5) is 26.3 Å². The van der Waals surface area contributed by atoms with Gasteiger partial charge in [-0.3, -0.25) is 4.79 Å². The monoisotopic (exact) mass is 459 g/mol. The first-order valence-electron chi connectivity index (χ1n) is 9.28. The van der Waals surface area contributed by atoms with Gasteiger partial charge in [0.05, 0.1) is 28.6 Å². The molecule has 3 aromatic carbocycles. The lowest BCUT2D eigenvalue weighted by Gasteiger charge is -2.09. The molecule has 10 heteroatoms. The highest BCUT2D eigenvalue weighted by atomic mass is 19.2. The van der Waals surface area contributed by atoms with E-state index in [1.807, 2.05) is 5.43 Å². The number of halogens is 6. The lowest BCUT2D eigenvalue weighted by molar-refractivity contribution is 0.0956. The van der Waals surface area contributed by atoms with Crippen LogP contribution in [-0.4, -0.2) is 17.1 Å². The van der Waals surface area contributed by atoms with Crippen LogP contribution in [0.15, 0.2) is 59.7 Å². The highest BCUT2D eigenvalue weighted by molar-refractivity contribution is 6.07. The van der Waals surface area contributed by atoms with E-state index in [1.165, 1.54) is 30.3 Å². The molecule has 0 saturated heterocycles. The van der Waals surface area contributed by atoms with E-state index in [0.717, 1.165) is 0 Å².